The molecule has 0 spiro atoms. The second kappa shape index (κ2) is 5.91. The van der Waals surface area contributed by atoms with Gasteiger partial charge in [0.15, 0.2) is 0 Å². The van der Waals surface area contributed by atoms with Gasteiger partial charge in [-0.15, -0.1) is 0 Å². The summed E-state index contributed by atoms with van der Waals surface area (Å²) in [5.41, 5.74) is 1.20. The lowest BCUT2D eigenvalue weighted by molar-refractivity contribution is 0.462. The van der Waals surface area contributed by atoms with Crippen molar-refractivity contribution in [3.63, 3.8) is 0 Å². The Bertz CT molecular complexity index is 511. The summed E-state index contributed by atoms with van der Waals surface area (Å²) in [7, 11) is 0. The van der Waals surface area contributed by atoms with Crippen molar-refractivity contribution in [3.8, 4) is 0 Å². The molecule has 2 aromatic rings. The third-order valence-electron chi connectivity index (χ3n) is 3.37. The molecule has 0 saturated heterocycles. The molecular formula is C14H23N5. The summed E-state index contributed by atoms with van der Waals surface area (Å²) in [5.74, 6) is 1.05. The fraction of sp³-hybridized carbons (Fsp3) is 0.571. The van der Waals surface area contributed by atoms with Gasteiger partial charge in [-0.2, -0.15) is 10.2 Å². The van der Waals surface area contributed by atoms with Crippen LogP contribution in [0.1, 0.15) is 51.9 Å². The van der Waals surface area contributed by atoms with E-state index in [1.165, 1.54) is 5.69 Å². The summed E-state index contributed by atoms with van der Waals surface area (Å²) in [6.07, 6.45) is 4.77. The molecule has 0 aliphatic heterocycles. The Balaban J connectivity index is 2.07. The third kappa shape index (κ3) is 2.97. The third-order valence-corrected chi connectivity index (χ3v) is 3.37. The first-order valence-corrected chi connectivity index (χ1v) is 6.93. The first-order valence-electron chi connectivity index (χ1n) is 6.93. The van der Waals surface area contributed by atoms with E-state index in [2.05, 4.69) is 54.0 Å². The number of nitrogens with one attached hydrogen (secondary N) is 1. The second-order valence-electron chi connectivity index (χ2n) is 5.13. The van der Waals surface area contributed by atoms with Crippen molar-refractivity contribution in [1.29, 1.82) is 0 Å². The maximum Gasteiger partial charge on any atom is 0.124 e. The summed E-state index contributed by atoms with van der Waals surface area (Å²) < 4.78 is 4.08. The van der Waals surface area contributed by atoms with Gasteiger partial charge in [-0.05, 0) is 33.3 Å². The van der Waals surface area contributed by atoms with Crippen molar-refractivity contribution in [2.75, 3.05) is 5.32 Å². The smallest absolute Gasteiger partial charge is 0.124 e. The van der Waals surface area contributed by atoms with Crippen LogP contribution in [0.4, 0.5) is 5.82 Å². The van der Waals surface area contributed by atoms with E-state index in [1.54, 1.807) is 0 Å². The van der Waals surface area contributed by atoms with E-state index >= 15 is 0 Å². The predicted octanol–water partition coefficient (Wildman–Crippen LogP) is 3.24. The van der Waals surface area contributed by atoms with E-state index in [-0.39, 0.29) is 0 Å². The van der Waals surface area contributed by atoms with E-state index in [0.717, 1.165) is 18.8 Å². The maximum atomic E-state index is 4.40. The lowest BCUT2D eigenvalue weighted by Gasteiger charge is -2.16. The van der Waals surface area contributed by atoms with Gasteiger partial charge in [0.05, 0.1) is 18.4 Å². The molecule has 2 heterocycles. The molecule has 1 N–H and O–H groups in total. The van der Waals surface area contributed by atoms with Crippen LogP contribution in [0, 0.1) is 0 Å². The van der Waals surface area contributed by atoms with Crippen molar-refractivity contribution in [3.05, 3.63) is 30.2 Å². The van der Waals surface area contributed by atoms with Gasteiger partial charge in [0.25, 0.3) is 0 Å². The van der Waals surface area contributed by atoms with Gasteiger partial charge >= 0.3 is 0 Å². The van der Waals surface area contributed by atoms with Gasteiger partial charge in [0.1, 0.15) is 5.82 Å². The molecule has 0 aliphatic carbocycles. The maximum absolute atomic E-state index is 4.40. The van der Waals surface area contributed by atoms with Crippen molar-refractivity contribution in [2.45, 2.75) is 52.7 Å². The van der Waals surface area contributed by atoms with E-state index < -0.39 is 0 Å². The molecule has 2 rings (SSSR count). The van der Waals surface area contributed by atoms with Crippen molar-refractivity contribution in [1.82, 2.24) is 19.6 Å². The zero-order chi connectivity index (χ0) is 13.8. The minimum atomic E-state index is 0.358. The van der Waals surface area contributed by atoms with Gasteiger partial charge in [-0.3, -0.25) is 4.68 Å². The Morgan fingerprint density at radius 3 is 2.47 bits per heavy atom. The molecule has 0 bridgehead atoms. The van der Waals surface area contributed by atoms with Crippen molar-refractivity contribution >= 4 is 5.82 Å². The summed E-state index contributed by atoms with van der Waals surface area (Å²) >= 11 is 0. The summed E-state index contributed by atoms with van der Waals surface area (Å²) in [6, 6.07) is 4.86. The molecule has 0 aliphatic rings. The Kier molecular flexibility index (Phi) is 4.24. The lowest BCUT2D eigenvalue weighted by Crippen LogP contribution is -2.14. The minimum absolute atomic E-state index is 0.358. The standard InChI is InChI=1S/C14H23N5/c1-5-12(4)19-13(6-8-17-19)10-15-14-7-9-16-18(14)11(2)3/h6-9,11-12,15H,5,10H2,1-4H3/t12-/m1/s1. The molecule has 0 saturated carbocycles. The number of nitrogens with zero attached hydrogens (tertiary/aromatic N) is 4. The quantitative estimate of drug-likeness (QED) is 0.868. The summed E-state index contributed by atoms with van der Waals surface area (Å²) in [4.78, 5) is 0. The number of aromatic nitrogens is 4. The van der Waals surface area contributed by atoms with Crippen LogP contribution in [0.5, 0.6) is 0 Å². The molecule has 0 aromatic carbocycles. The molecule has 0 amide bonds. The molecule has 5 heteroatoms. The Morgan fingerprint density at radius 2 is 1.79 bits per heavy atom. The molecular weight excluding hydrogens is 238 g/mol. The first-order chi connectivity index (χ1) is 9.13. The zero-order valence-corrected chi connectivity index (χ0v) is 12.2. The minimum Gasteiger partial charge on any atom is -0.365 e. The first kappa shape index (κ1) is 13.6. The van der Waals surface area contributed by atoms with Crippen LogP contribution in [-0.4, -0.2) is 19.6 Å². The van der Waals surface area contributed by atoms with Crippen molar-refractivity contribution in [2.24, 2.45) is 0 Å². The monoisotopic (exact) mass is 261 g/mol. The van der Waals surface area contributed by atoms with Gasteiger partial charge in [-0.1, -0.05) is 6.92 Å². The highest BCUT2D eigenvalue weighted by atomic mass is 15.3. The highest BCUT2D eigenvalue weighted by Crippen LogP contribution is 2.16. The molecule has 104 valence electrons. The summed E-state index contributed by atoms with van der Waals surface area (Å²) in [5, 5.41) is 12.2. The number of anilines is 1. The summed E-state index contributed by atoms with van der Waals surface area (Å²) in [6.45, 7) is 9.39. The van der Waals surface area contributed by atoms with Gasteiger partial charge in [-0.25, -0.2) is 4.68 Å². The van der Waals surface area contributed by atoms with Crippen LogP contribution >= 0.6 is 0 Å². The van der Waals surface area contributed by atoms with E-state index in [1.807, 2.05) is 23.1 Å². The van der Waals surface area contributed by atoms with E-state index in [4.69, 9.17) is 0 Å². The highest BCUT2D eigenvalue weighted by Gasteiger charge is 2.10. The van der Waals surface area contributed by atoms with Gasteiger partial charge in [0.2, 0.25) is 0 Å². The Labute approximate surface area is 114 Å². The molecule has 19 heavy (non-hydrogen) atoms. The predicted molar refractivity (Wildman–Crippen MR) is 77.2 cm³/mol. The number of rotatable bonds is 6. The van der Waals surface area contributed by atoms with Gasteiger partial charge in [0, 0.05) is 24.3 Å². The molecule has 0 fully saturated rings. The average molecular weight is 261 g/mol. The Morgan fingerprint density at radius 1 is 1.11 bits per heavy atom. The SMILES string of the molecule is CC[C@@H](C)n1nccc1CNc1ccnn1C(C)C. The zero-order valence-electron chi connectivity index (χ0n) is 12.2. The van der Waals surface area contributed by atoms with Gasteiger partial charge < -0.3 is 5.32 Å². The van der Waals surface area contributed by atoms with Crippen LogP contribution in [0.15, 0.2) is 24.5 Å². The van der Waals surface area contributed by atoms with Crippen LogP contribution in [0.3, 0.4) is 0 Å². The number of hydrogen-bond acceptors (Lipinski definition) is 3. The van der Waals surface area contributed by atoms with Crippen LogP contribution in [0.25, 0.3) is 0 Å². The molecule has 2 aromatic heterocycles. The Hall–Kier alpha value is -1.78. The topological polar surface area (TPSA) is 47.7 Å². The molecule has 1 atom stereocenters. The van der Waals surface area contributed by atoms with Crippen molar-refractivity contribution < 1.29 is 0 Å². The fourth-order valence-corrected chi connectivity index (χ4v) is 2.10. The van der Waals surface area contributed by atoms with E-state index in [9.17, 15) is 0 Å². The number of hydrogen-bond donors (Lipinski definition) is 1. The normalized spacial score (nSPS) is 12.9. The fourth-order valence-electron chi connectivity index (χ4n) is 2.10. The molecule has 0 radical (unpaired) electrons. The van der Waals surface area contributed by atoms with E-state index in [0.29, 0.717) is 12.1 Å². The highest BCUT2D eigenvalue weighted by molar-refractivity contribution is 5.34. The molecule has 0 unspecified atom stereocenters. The lowest BCUT2D eigenvalue weighted by atomic mass is 10.2. The average Bonchev–Trinajstić information content (AvgIpc) is 3.03. The van der Waals surface area contributed by atoms with Crippen LogP contribution in [-0.2, 0) is 6.54 Å². The van der Waals surface area contributed by atoms with Crippen LogP contribution < -0.4 is 5.32 Å². The second-order valence-corrected chi connectivity index (χ2v) is 5.13. The largest absolute Gasteiger partial charge is 0.365 e. The van der Waals surface area contributed by atoms with Crippen LogP contribution in [0.2, 0.25) is 0 Å². The molecule has 5 nitrogen and oxygen atoms in total.